The van der Waals surface area contributed by atoms with Gasteiger partial charge in [-0.15, -0.1) is 0 Å². The minimum Gasteiger partial charge on any atom is -0.429 e. The van der Waals surface area contributed by atoms with Gasteiger partial charge in [0.1, 0.15) is 12.2 Å². The minimum atomic E-state index is -1.09. The van der Waals surface area contributed by atoms with Gasteiger partial charge in [0.25, 0.3) is 0 Å². The Bertz CT molecular complexity index is 296. The summed E-state index contributed by atoms with van der Waals surface area (Å²) in [6.07, 6.45) is -2.79. The Balaban J connectivity index is 2.83. The summed E-state index contributed by atoms with van der Waals surface area (Å²) in [4.78, 5) is 11.6. The molecule has 3 N–H and O–H groups in total. The zero-order valence-electron chi connectivity index (χ0n) is 10.1. The van der Waals surface area contributed by atoms with E-state index in [1.165, 1.54) is 7.11 Å². The summed E-state index contributed by atoms with van der Waals surface area (Å²) in [6.45, 7) is 2.39. The highest BCUT2D eigenvalue weighted by Crippen LogP contribution is 2.26. The van der Waals surface area contributed by atoms with E-state index in [-0.39, 0.29) is 18.8 Å². The Hall–Kier alpha value is -0.990. The van der Waals surface area contributed by atoms with Crippen LogP contribution in [0.15, 0.2) is 12.2 Å². The van der Waals surface area contributed by atoms with Crippen molar-refractivity contribution < 1.29 is 34.3 Å². The molecule has 0 spiro atoms. The lowest BCUT2D eigenvalue weighted by atomic mass is 9.97. The molecule has 0 amide bonds. The van der Waals surface area contributed by atoms with Crippen molar-refractivity contribution in [3.05, 3.63) is 12.2 Å². The topological polar surface area (TPSA) is 105 Å². The molecule has 1 saturated heterocycles. The second-order valence-corrected chi connectivity index (χ2v) is 3.94. The van der Waals surface area contributed by atoms with Crippen molar-refractivity contribution in [1.29, 1.82) is 0 Å². The average molecular weight is 262 g/mol. The molecule has 0 aliphatic carbocycles. The molecule has 104 valence electrons. The van der Waals surface area contributed by atoms with Crippen molar-refractivity contribution in [3.63, 3.8) is 0 Å². The summed E-state index contributed by atoms with van der Waals surface area (Å²) in [7, 11) is 1.34. The molecule has 0 saturated carbocycles. The second kappa shape index (κ2) is 6.81. The Morgan fingerprint density at radius 1 is 1.33 bits per heavy atom. The number of ether oxygens (including phenoxy) is 3. The molecular formula is C11H18O7. The fraction of sp³-hybridized carbons (Fsp3) is 0.727. The maximum atomic E-state index is 11.6. The molecular weight excluding hydrogens is 244 g/mol. The second-order valence-electron chi connectivity index (χ2n) is 3.94. The largest absolute Gasteiger partial charge is 0.429 e. The molecule has 7 nitrogen and oxygen atoms in total. The Labute approximate surface area is 105 Å². The van der Waals surface area contributed by atoms with E-state index in [1.807, 2.05) is 0 Å². The summed E-state index contributed by atoms with van der Waals surface area (Å²) in [5.41, 5.74) is 0.0205. The Morgan fingerprint density at radius 3 is 2.39 bits per heavy atom. The zero-order valence-corrected chi connectivity index (χ0v) is 10.1. The number of esters is 1. The van der Waals surface area contributed by atoms with E-state index < -0.39 is 37.0 Å². The highest BCUT2D eigenvalue weighted by atomic mass is 16.7. The van der Waals surface area contributed by atoms with Crippen molar-refractivity contribution in [2.45, 2.75) is 18.5 Å². The monoisotopic (exact) mass is 262 g/mol. The Morgan fingerprint density at radius 2 is 1.94 bits per heavy atom. The molecule has 0 radical (unpaired) electrons. The number of rotatable bonds is 6. The molecule has 1 heterocycles. The molecule has 18 heavy (non-hydrogen) atoms. The van der Waals surface area contributed by atoms with E-state index in [0.717, 1.165) is 0 Å². The molecule has 1 aliphatic heterocycles. The predicted molar refractivity (Wildman–Crippen MR) is 59.4 cm³/mol. The van der Waals surface area contributed by atoms with Gasteiger partial charge in [-0.3, -0.25) is 0 Å². The predicted octanol–water partition coefficient (Wildman–Crippen LogP) is -1.58. The van der Waals surface area contributed by atoms with Crippen molar-refractivity contribution in [2.75, 3.05) is 26.9 Å². The van der Waals surface area contributed by atoms with Crippen LogP contribution in [0.2, 0.25) is 0 Å². The van der Waals surface area contributed by atoms with Crippen LogP contribution < -0.4 is 0 Å². The summed E-state index contributed by atoms with van der Waals surface area (Å²) in [5, 5.41) is 27.3. The highest BCUT2D eigenvalue weighted by molar-refractivity contribution is 5.89. The smallest absolute Gasteiger partial charge is 0.338 e. The minimum absolute atomic E-state index is 0.0205. The highest BCUT2D eigenvalue weighted by Gasteiger charge is 2.40. The van der Waals surface area contributed by atoms with E-state index in [0.29, 0.717) is 0 Å². The van der Waals surface area contributed by atoms with Gasteiger partial charge in [-0.2, -0.15) is 0 Å². The first kappa shape index (κ1) is 15.1. The molecule has 1 fully saturated rings. The fourth-order valence-corrected chi connectivity index (χ4v) is 1.63. The lowest BCUT2D eigenvalue weighted by Gasteiger charge is -2.36. The van der Waals surface area contributed by atoms with E-state index >= 15 is 0 Å². The average Bonchev–Trinajstić information content (AvgIpc) is 2.37. The molecule has 0 bridgehead atoms. The number of aliphatic hydroxyl groups is 3. The molecule has 1 rings (SSSR count). The van der Waals surface area contributed by atoms with Crippen molar-refractivity contribution in [3.8, 4) is 0 Å². The number of carbonyl (C=O) groups is 1. The summed E-state index contributed by atoms with van der Waals surface area (Å²) in [5.74, 6) is -1.37. The first-order chi connectivity index (χ1) is 8.58. The number of hydrogen-bond donors (Lipinski definition) is 3. The molecule has 0 aromatic heterocycles. The number of cyclic esters (lactones) is 1. The van der Waals surface area contributed by atoms with Crippen LogP contribution in [0.3, 0.4) is 0 Å². The zero-order chi connectivity index (χ0) is 13.7. The van der Waals surface area contributed by atoms with Crippen LogP contribution >= 0.6 is 0 Å². The van der Waals surface area contributed by atoms with Crippen molar-refractivity contribution >= 4 is 5.97 Å². The first-order valence-electron chi connectivity index (χ1n) is 5.49. The third kappa shape index (κ3) is 3.06. The van der Waals surface area contributed by atoms with Crippen molar-refractivity contribution in [2.24, 2.45) is 5.92 Å². The van der Waals surface area contributed by atoms with Crippen LogP contribution in [-0.4, -0.2) is 66.7 Å². The van der Waals surface area contributed by atoms with Crippen LogP contribution in [0.25, 0.3) is 0 Å². The lowest BCUT2D eigenvalue weighted by Crippen LogP contribution is -2.49. The van der Waals surface area contributed by atoms with Gasteiger partial charge in [0.05, 0.1) is 25.4 Å². The number of carbonyl (C=O) groups excluding carboxylic acids is 1. The number of hydrogen-bond acceptors (Lipinski definition) is 7. The molecule has 0 aromatic rings. The van der Waals surface area contributed by atoms with E-state index in [2.05, 4.69) is 6.58 Å². The van der Waals surface area contributed by atoms with Crippen LogP contribution in [0.4, 0.5) is 0 Å². The van der Waals surface area contributed by atoms with Gasteiger partial charge in [-0.25, -0.2) is 4.79 Å². The van der Waals surface area contributed by atoms with Gasteiger partial charge in [0, 0.05) is 13.0 Å². The third-order valence-electron chi connectivity index (χ3n) is 2.79. The lowest BCUT2D eigenvalue weighted by molar-refractivity contribution is -0.243. The van der Waals surface area contributed by atoms with Gasteiger partial charge in [-0.05, 0) is 0 Å². The van der Waals surface area contributed by atoms with E-state index in [4.69, 9.17) is 29.5 Å². The quantitative estimate of drug-likeness (QED) is 0.392. The molecule has 7 heteroatoms. The maximum Gasteiger partial charge on any atom is 0.338 e. The molecule has 1 unspecified atom stereocenters. The summed E-state index contributed by atoms with van der Waals surface area (Å²) >= 11 is 0. The Kier molecular flexibility index (Phi) is 5.70. The maximum absolute atomic E-state index is 11.6. The standard InChI is InChI=1S/C11H18O7/c1-6-9(7(3-12)4-13)17-11(18-10(6)15)8(5-14)16-2/h7-9,11-14H,1,3-5H2,2H3/t8?,9-,11+/m0/s1. The first-order valence-corrected chi connectivity index (χ1v) is 5.49. The van der Waals surface area contributed by atoms with E-state index in [1.54, 1.807) is 0 Å². The third-order valence-corrected chi connectivity index (χ3v) is 2.79. The van der Waals surface area contributed by atoms with Crippen LogP contribution in [0, 0.1) is 5.92 Å². The van der Waals surface area contributed by atoms with Gasteiger partial charge in [0.15, 0.2) is 0 Å². The van der Waals surface area contributed by atoms with Gasteiger partial charge in [-0.1, -0.05) is 6.58 Å². The number of methoxy groups -OCH3 is 1. The van der Waals surface area contributed by atoms with Gasteiger partial charge < -0.3 is 29.5 Å². The van der Waals surface area contributed by atoms with Crippen molar-refractivity contribution in [1.82, 2.24) is 0 Å². The van der Waals surface area contributed by atoms with Crippen LogP contribution in [-0.2, 0) is 19.0 Å². The summed E-state index contributed by atoms with van der Waals surface area (Å²) < 4.78 is 15.2. The van der Waals surface area contributed by atoms with E-state index in [9.17, 15) is 4.79 Å². The van der Waals surface area contributed by atoms with Gasteiger partial charge in [0.2, 0.25) is 6.29 Å². The fourth-order valence-electron chi connectivity index (χ4n) is 1.63. The normalized spacial score (nSPS) is 26.3. The van der Waals surface area contributed by atoms with Crippen LogP contribution in [0.1, 0.15) is 0 Å². The number of aliphatic hydroxyl groups excluding tert-OH is 3. The summed E-state index contributed by atoms with van der Waals surface area (Å²) in [6, 6.07) is 0. The molecule has 3 atom stereocenters. The molecule has 1 aliphatic rings. The SMILES string of the molecule is C=C1C(=O)O[C@H](C(CO)OC)O[C@@H]1C(CO)CO. The van der Waals surface area contributed by atoms with Crippen LogP contribution in [0.5, 0.6) is 0 Å². The molecule has 0 aromatic carbocycles. The van der Waals surface area contributed by atoms with Gasteiger partial charge >= 0.3 is 5.97 Å².